The summed E-state index contributed by atoms with van der Waals surface area (Å²) in [7, 11) is 1.64. The third-order valence-corrected chi connectivity index (χ3v) is 4.95. The molecular formula is C20H29FN2O4. The number of halogens is 1. The third-order valence-electron chi connectivity index (χ3n) is 4.95. The van der Waals surface area contributed by atoms with Crippen molar-refractivity contribution in [1.29, 1.82) is 0 Å². The number of carbonyl (C=O) groups excluding carboxylic acids is 1. The first-order valence-electron chi connectivity index (χ1n) is 9.67. The van der Waals surface area contributed by atoms with Gasteiger partial charge < -0.3 is 24.4 Å². The Balaban J connectivity index is 1.72. The summed E-state index contributed by atoms with van der Waals surface area (Å²) in [5.41, 5.74) is 0.737. The van der Waals surface area contributed by atoms with Crippen LogP contribution in [0.5, 0.6) is 5.75 Å². The minimum absolute atomic E-state index is 0.0241. The molecule has 1 aliphatic heterocycles. The Morgan fingerprint density at radius 1 is 1.37 bits per heavy atom. The number of amides is 1. The minimum atomic E-state index is -0.472. The van der Waals surface area contributed by atoms with Crippen molar-refractivity contribution in [2.75, 3.05) is 40.0 Å². The molecule has 6 nitrogen and oxygen atoms in total. The van der Waals surface area contributed by atoms with Gasteiger partial charge in [-0.15, -0.1) is 0 Å². The molecule has 0 unspecified atom stereocenters. The summed E-state index contributed by atoms with van der Waals surface area (Å²) in [6, 6.07) is 4.64. The smallest absolute Gasteiger partial charge is 0.253 e. The van der Waals surface area contributed by atoms with Crippen molar-refractivity contribution in [1.82, 2.24) is 10.2 Å². The second-order valence-electron chi connectivity index (χ2n) is 7.13. The Bertz CT molecular complexity index is 632. The Kier molecular flexibility index (Phi) is 7.04. The van der Waals surface area contributed by atoms with Gasteiger partial charge in [-0.3, -0.25) is 4.79 Å². The molecular weight excluding hydrogens is 351 g/mol. The van der Waals surface area contributed by atoms with Crippen LogP contribution in [0.3, 0.4) is 0 Å². The van der Waals surface area contributed by atoms with Crippen molar-refractivity contribution >= 4 is 5.91 Å². The van der Waals surface area contributed by atoms with Gasteiger partial charge in [0, 0.05) is 45.3 Å². The first-order chi connectivity index (χ1) is 13.1. The van der Waals surface area contributed by atoms with E-state index in [1.54, 1.807) is 7.11 Å². The number of hydrogen-bond donors (Lipinski definition) is 1. The van der Waals surface area contributed by atoms with Gasteiger partial charge in [-0.05, 0) is 37.5 Å². The lowest BCUT2D eigenvalue weighted by atomic mass is 10.0. The van der Waals surface area contributed by atoms with E-state index in [0.717, 1.165) is 31.4 Å². The number of nitrogens with zero attached hydrogens (tertiary/aromatic N) is 1. The van der Waals surface area contributed by atoms with E-state index in [4.69, 9.17) is 14.2 Å². The first kappa shape index (κ1) is 20.0. The molecule has 0 bridgehead atoms. The molecule has 1 N–H and O–H groups in total. The SMILES string of the molecule is COCCCOc1cc(F)cc([C@H](C)N(C(=O)[C@H]2CNCCO2)C2CC2)c1. The first-order valence-corrected chi connectivity index (χ1v) is 9.67. The van der Waals surface area contributed by atoms with E-state index in [1.165, 1.54) is 12.1 Å². The van der Waals surface area contributed by atoms with E-state index >= 15 is 0 Å². The van der Waals surface area contributed by atoms with Crippen LogP contribution in [0.25, 0.3) is 0 Å². The van der Waals surface area contributed by atoms with Crippen molar-refractivity contribution in [3.8, 4) is 5.75 Å². The van der Waals surface area contributed by atoms with Crippen LogP contribution in [-0.2, 0) is 14.3 Å². The normalized spacial score (nSPS) is 20.9. The molecule has 1 amide bonds. The van der Waals surface area contributed by atoms with E-state index < -0.39 is 6.10 Å². The zero-order chi connectivity index (χ0) is 19.2. The van der Waals surface area contributed by atoms with Gasteiger partial charge in [0.05, 0.1) is 19.3 Å². The van der Waals surface area contributed by atoms with E-state index in [9.17, 15) is 9.18 Å². The number of nitrogens with one attached hydrogen (secondary N) is 1. The Labute approximate surface area is 160 Å². The Morgan fingerprint density at radius 3 is 2.85 bits per heavy atom. The van der Waals surface area contributed by atoms with E-state index in [2.05, 4.69) is 5.32 Å². The lowest BCUT2D eigenvalue weighted by molar-refractivity contribution is -0.148. The highest BCUT2D eigenvalue weighted by atomic mass is 19.1. The molecule has 0 radical (unpaired) electrons. The fourth-order valence-corrected chi connectivity index (χ4v) is 3.39. The van der Waals surface area contributed by atoms with Crippen LogP contribution in [-0.4, -0.2) is 63.0 Å². The summed E-state index contributed by atoms with van der Waals surface area (Å²) in [4.78, 5) is 14.9. The predicted molar refractivity (Wildman–Crippen MR) is 99.3 cm³/mol. The molecule has 3 rings (SSSR count). The molecule has 1 saturated heterocycles. The van der Waals surface area contributed by atoms with Crippen LogP contribution in [0.4, 0.5) is 4.39 Å². The second-order valence-corrected chi connectivity index (χ2v) is 7.13. The van der Waals surface area contributed by atoms with Crippen LogP contribution in [0.1, 0.15) is 37.8 Å². The highest BCUT2D eigenvalue weighted by Gasteiger charge is 2.40. The largest absolute Gasteiger partial charge is 0.493 e. The average molecular weight is 380 g/mol. The molecule has 2 fully saturated rings. The fourth-order valence-electron chi connectivity index (χ4n) is 3.39. The third kappa shape index (κ3) is 5.40. The van der Waals surface area contributed by atoms with E-state index in [1.807, 2.05) is 17.9 Å². The number of methoxy groups -OCH3 is 1. The van der Waals surface area contributed by atoms with Crippen LogP contribution < -0.4 is 10.1 Å². The molecule has 1 saturated carbocycles. The van der Waals surface area contributed by atoms with E-state index in [-0.39, 0.29) is 23.8 Å². The molecule has 150 valence electrons. The van der Waals surface area contributed by atoms with Gasteiger partial charge in [0.2, 0.25) is 0 Å². The molecule has 2 aliphatic rings. The quantitative estimate of drug-likeness (QED) is 0.666. The van der Waals surface area contributed by atoms with Crippen LogP contribution in [0.2, 0.25) is 0 Å². The monoisotopic (exact) mass is 380 g/mol. The summed E-state index contributed by atoms with van der Waals surface area (Å²) in [5, 5.41) is 3.20. The lowest BCUT2D eigenvalue weighted by Crippen LogP contribution is -2.50. The van der Waals surface area contributed by atoms with Gasteiger partial charge in [0.1, 0.15) is 17.7 Å². The van der Waals surface area contributed by atoms with Gasteiger partial charge >= 0.3 is 0 Å². The maximum absolute atomic E-state index is 14.2. The zero-order valence-electron chi connectivity index (χ0n) is 16.1. The summed E-state index contributed by atoms with van der Waals surface area (Å²) in [6.07, 6.45) is 2.22. The summed E-state index contributed by atoms with van der Waals surface area (Å²) >= 11 is 0. The summed E-state index contributed by atoms with van der Waals surface area (Å²) in [5.74, 6) is 0.0932. The highest BCUT2D eigenvalue weighted by molar-refractivity contribution is 5.82. The van der Waals surface area contributed by atoms with Gasteiger partial charge in [0.25, 0.3) is 5.91 Å². The van der Waals surface area contributed by atoms with Crippen molar-refractivity contribution < 1.29 is 23.4 Å². The molecule has 27 heavy (non-hydrogen) atoms. The number of carbonyl (C=O) groups is 1. The second kappa shape index (κ2) is 9.48. The molecule has 1 aliphatic carbocycles. The van der Waals surface area contributed by atoms with Gasteiger partial charge in [-0.25, -0.2) is 4.39 Å². The molecule has 0 aromatic heterocycles. The predicted octanol–water partition coefficient (Wildman–Crippen LogP) is 2.28. The number of benzene rings is 1. The van der Waals surface area contributed by atoms with Crippen molar-refractivity contribution in [2.45, 2.75) is 44.4 Å². The number of rotatable bonds is 9. The zero-order valence-corrected chi connectivity index (χ0v) is 16.1. The van der Waals surface area contributed by atoms with Crippen LogP contribution in [0.15, 0.2) is 18.2 Å². The molecule has 1 aromatic carbocycles. The summed E-state index contributed by atoms with van der Waals surface area (Å²) < 4.78 is 30.5. The van der Waals surface area contributed by atoms with Crippen LogP contribution in [0, 0.1) is 5.82 Å². The molecule has 1 aromatic rings. The molecule has 2 atom stereocenters. The minimum Gasteiger partial charge on any atom is -0.493 e. The fraction of sp³-hybridized carbons (Fsp3) is 0.650. The Morgan fingerprint density at radius 2 is 2.19 bits per heavy atom. The number of morpholine rings is 1. The van der Waals surface area contributed by atoms with Crippen molar-refractivity contribution in [2.24, 2.45) is 0 Å². The summed E-state index contributed by atoms with van der Waals surface area (Å²) in [6.45, 7) is 4.80. The van der Waals surface area contributed by atoms with Gasteiger partial charge in [-0.1, -0.05) is 0 Å². The number of ether oxygens (including phenoxy) is 3. The van der Waals surface area contributed by atoms with Gasteiger partial charge in [-0.2, -0.15) is 0 Å². The molecule has 0 spiro atoms. The molecule has 7 heteroatoms. The maximum atomic E-state index is 14.2. The highest BCUT2D eigenvalue weighted by Crippen LogP contribution is 2.36. The standard InChI is InChI=1S/C20H29FN2O4/c1-14(15-10-16(21)12-18(11-15)26-8-3-7-25-2)23(17-4-5-17)20(24)19-13-22-6-9-27-19/h10-12,14,17,19,22H,3-9,13H2,1-2H3/t14-,19+/m0/s1. The van der Waals surface area contributed by atoms with Crippen LogP contribution >= 0.6 is 0 Å². The maximum Gasteiger partial charge on any atom is 0.253 e. The van der Waals surface area contributed by atoms with Crippen molar-refractivity contribution in [3.63, 3.8) is 0 Å². The number of hydrogen-bond acceptors (Lipinski definition) is 5. The Hall–Kier alpha value is -1.70. The lowest BCUT2D eigenvalue weighted by Gasteiger charge is -2.34. The van der Waals surface area contributed by atoms with Crippen molar-refractivity contribution in [3.05, 3.63) is 29.6 Å². The molecule has 1 heterocycles. The van der Waals surface area contributed by atoms with Gasteiger partial charge in [0.15, 0.2) is 0 Å². The van der Waals surface area contributed by atoms with E-state index in [0.29, 0.717) is 32.1 Å². The average Bonchev–Trinajstić information content (AvgIpc) is 3.50. The topological polar surface area (TPSA) is 60.0 Å².